The van der Waals surface area contributed by atoms with E-state index in [1.165, 1.54) is 0 Å². The third-order valence-corrected chi connectivity index (χ3v) is 5.24. The van der Waals surface area contributed by atoms with Gasteiger partial charge in [0.2, 0.25) is 5.91 Å². The van der Waals surface area contributed by atoms with Gasteiger partial charge in [-0.05, 0) is 36.6 Å². The van der Waals surface area contributed by atoms with Gasteiger partial charge >= 0.3 is 0 Å². The zero-order valence-corrected chi connectivity index (χ0v) is 16.5. The molecule has 0 radical (unpaired) electrons. The van der Waals surface area contributed by atoms with Crippen LogP contribution in [-0.2, 0) is 4.79 Å². The number of hydrogen-bond donors (Lipinski definition) is 4. The van der Waals surface area contributed by atoms with E-state index < -0.39 is 6.10 Å². The molecule has 7 heteroatoms. The van der Waals surface area contributed by atoms with Gasteiger partial charge in [0.25, 0.3) is 0 Å². The second-order valence-corrected chi connectivity index (χ2v) is 7.31. The summed E-state index contributed by atoms with van der Waals surface area (Å²) in [4.78, 5) is 17.2. The molecule has 0 fully saturated rings. The first-order valence-electron chi connectivity index (χ1n) is 9.19. The minimum Gasteiger partial charge on any atom is -0.386 e. The second kappa shape index (κ2) is 9.87. The molecule has 6 nitrogen and oxygen atoms in total. The van der Waals surface area contributed by atoms with Crippen molar-refractivity contribution in [1.82, 2.24) is 10.6 Å². The Kier molecular flexibility index (Phi) is 7.00. The summed E-state index contributed by atoms with van der Waals surface area (Å²) < 4.78 is 1.15. The van der Waals surface area contributed by atoms with Crippen LogP contribution in [0, 0.1) is 0 Å². The van der Waals surface area contributed by atoms with Crippen LogP contribution in [0.3, 0.4) is 0 Å². The molecule has 3 rings (SSSR count). The van der Waals surface area contributed by atoms with E-state index in [1.807, 2.05) is 67.6 Å². The van der Waals surface area contributed by atoms with E-state index in [1.54, 1.807) is 11.3 Å². The quantitative estimate of drug-likeness (QED) is 0.365. The number of benzene rings is 2. The molecule has 0 saturated carbocycles. The monoisotopic (exact) mass is 396 g/mol. The van der Waals surface area contributed by atoms with Crippen molar-refractivity contribution in [3.63, 3.8) is 0 Å². The summed E-state index contributed by atoms with van der Waals surface area (Å²) in [5.74, 6) is 0.291. The summed E-state index contributed by atoms with van der Waals surface area (Å²) >= 11 is 1.58. The number of guanidine groups is 1. The fourth-order valence-electron chi connectivity index (χ4n) is 2.68. The molecule has 0 aliphatic heterocycles. The van der Waals surface area contributed by atoms with Crippen molar-refractivity contribution in [3.05, 3.63) is 65.5 Å². The summed E-state index contributed by atoms with van der Waals surface area (Å²) in [5.41, 5.74) is 0.737. The van der Waals surface area contributed by atoms with E-state index in [2.05, 4.69) is 20.9 Å². The summed E-state index contributed by atoms with van der Waals surface area (Å²) in [6.07, 6.45) is -0.653. The molecule has 0 aliphatic carbocycles. The standard InChI is InChI=1S/C21H24N4O2S/c1-2-22-21(24-14-20(27)25-16-9-4-3-5-10-16)23-13-17(26)19-12-15-8-6-7-11-18(15)28-19/h3-12,17,26H,2,13-14H2,1H3,(H,25,27)(H2,22,23,24). The molecule has 3 aromatic rings. The maximum atomic E-state index is 12.1. The number of nitrogens with zero attached hydrogens (tertiary/aromatic N) is 1. The van der Waals surface area contributed by atoms with Crippen LogP contribution in [0.5, 0.6) is 0 Å². The van der Waals surface area contributed by atoms with Crippen molar-refractivity contribution in [3.8, 4) is 0 Å². The van der Waals surface area contributed by atoms with Gasteiger partial charge in [-0.1, -0.05) is 36.4 Å². The molecule has 1 unspecified atom stereocenters. The van der Waals surface area contributed by atoms with Crippen LogP contribution in [0.4, 0.5) is 5.69 Å². The van der Waals surface area contributed by atoms with E-state index in [9.17, 15) is 9.90 Å². The smallest absolute Gasteiger partial charge is 0.246 e. The number of amides is 1. The number of fused-ring (bicyclic) bond motifs is 1. The zero-order valence-electron chi connectivity index (χ0n) is 15.7. The topological polar surface area (TPSA) is 85.8 Å². The molecule has 1 aromatic heterocycles. The Morgan fingerprint density at radius 1 is 1.11 bits per heavy atom. The van der Waals surface area contributed by atoms with Crippen LogP contribution in [-0.4, -0.2) is 36.6 Å². The maximum Gasteiger partial charge on any atom is 0.246 e. The van der Waals surface area contributed by atoms with Crippen LogP contribution in [0.1, 0.15) is 17.9 Å². The van der Waals surface area contributed by atoms with Gasteiger partial charge in [-0.3, -0.25) is 4.79 Å². The normalized spacial score (nSPS) is 12.6. The van der Waals surface area contributed by atoms with Gasteiger partial charge in [0.05, 0.1) is 0 Å². The van der Waals surface area contributed by atoms with Crippen LogP contribution >= 0.6 is 11.3 Å². The van der Waals surface area contributed by atoms with Crippen LogP contribution < -0.4 is 16.0 Å². The summed E-state index contributed by atoms with van der Waals surface area (Å²) in [7, 11) is 0. The molecule has 2 aromatic carbocycles. The molecule has 0 saturated heterocycles. The predicted octanol–water partition coefficient (Wildman–Crippen LogP) is 3.13. The first kappa shape index (κ1) is 19.9. The highest BCUT2D eigenvalue weighted by Gasteiger charge is 2.12. The summed E-state index contributed by atoms with van der Waals surface area (Å²) in [6.45, 7) is 2.90. The maximum absolute atomic E-state index is 12.1. The average molecular weight is 397 g/mol. The molecule has 4 N–H and O–H groups in total. The molecule has 1 heterocycles. The van der Waals surface area contributed by atoms with E-state index in [-0.39, 0.29) is 12.5 Å². The van der Waals surface area contributed by atoms with Crippen LogP contribution in [0.2, 0.25) is 0 Å². The number of anilines is 1. The van der Waals surface area contributed by atoms with Gasteiger partial charge in [0.1, 0.15) is 12.6 Å². The lowest BCUT2D eigenvalue weighted by molar-refractivity contribution is -0.114. The number of rotatable bonds is 7. The Hall–Kier alpha value is -2.90. The van der Waals surface area contributed by atoms with Gasteiger partial charge in [-0.2, -0.15) is 0 Å². The van der Waals surface area contributed by atoms with Crippen LogP contribution in [0.25, 0.3) is 10.1 Å². The fourth-order valence-corrected chi connectivity index (χ4v) is 3.73. The lowest BCUT2D eigenvalue weighted by atomic mass is 10.2. The summed E-state index contributed by atoms with van der Waals surface area (Å²) in [6, 6.07) is 19.3. The highest BCUT2D eigenvalue weighted by atomic mass is 32.1. The molecule has 1 amide bonds. The van der Waals surface area contributed by atoms with Gasteiger partial charge in [-0.15, -0.1) is 11.3 Å². The first-order valence-corrected chi connectivity index (χ1v) is 10.0. The van der Waals surface area contributed by atoms with E-state index in [0.717, 1.165) is 20.7 Å². The Balaban J connectivity index is 1.55. The number of carbonyl (C=O) groups excluding carboxylic acids is 1. The number of aliphatic imine (C=N–C) groups is 1. The minimum atomic E-state index is -0.653. The van der Waals surface area contributed by atoms with Crippen molar-refractivity contribution < 1.29 is 9.90 Å². The highest BCUT2D eigenvalue weighted by Crippen LogP contribution is 2.29. The van der Waals surface area contributed by atoms with Crippen molar-refractivity contribution in [2.24, 2.45) is 4.99 Å². The number of para-hydroxylation sites is 1. The predicted molar refractivity (Wildman–Crippen MR) is 116 cm³/mol. The third-order valence-electron chi connectivity index (χ3n) is 4.02. The van der Waals surface area contributed by atoms with E-state index >= 15 is 0 Å². The molecule has 1 atom stereocenters. The minimum absolute atomic E-state index is 0.0107. The van der Waals surface area contributed by atoms with Gasteiger partial charge in [0.15, 0.2) is 5.96 Å². The number of aliphatic hydroxyl groups is 1. The summed E-state index contributed by atoms with van der Waals surface area (Å²) in [5, 5.41) is 20.6. The van der Waals surface area contributed by atoms with Crippen molar-refractivity contribution in [1.29, 1.82) is 0 Å². The second-order valence-electron chi connectivity index (χ2n) is 6.19. The fraction of sp³-hybridized carbons (Fsp3) is 0.238. The Labute approximate surface area is 168 Å². The van der Waals surface area contributed by atoms with Crippen molar-refractivity contribution >= 4 is 39.0 Å². The molecule has 0 aliphatic rings. The SMILES string of the molecule is CCNC(=NCC(=O)Nc1ccccc1)NCC(O)c1cc2ccccc2s1. The lowest BCUT2D eigenvalue weighted by Gasteiger charge is -2.14. The molecular formula is C21H24N4O2S. The molecule has 28 heavy (non-hydrogen) atoms. The number of aliphatic hydroxyl groups excluding tert-OH is 1. The average Bonchev–Trinajstić information content (AvgIpc) is 3.15. The Morgan fingerprint density at radius 3 is 2.61 bits per heavy atom. The number of thiophene rings is 1. The molecular weight excluding hydrogens is 372 g/mol. The van der Waals surface area contributed by atoms with Gasteiger partial charge in [0, 0.05) is 28.4 Å². The van der Waals surface area contributed by atoms with Crippen LogP contribution in [0.15, 0.2) is 65.7 Å². The van der Waals surface area contributed by atoms with E-state index in [0.29, 0.717) is 19.0 Å². The number of nitrogens with one attached hydrogen (secondary N) is 3. The molecule has 0 bridgehead atoms. The molecule has 0 spiro atoms. The largest absolute Gasteiger partial charge is 0.386 e. The first-order chi connectivity index (χ1) is 13.7. The number of hydrogen-bond acceptors (Lipinski definition) is 4. The third kappa shape index (κ3) is 5.55. The van der Waals surface area contributed by atoms with Gasteiger partial charge in [-0.25, -0.2) is 4.99 Å². The molecule has 146 valence electrons. The Bertz CT molecular complexity index is 907. The van der Waals surface area contributed by atoms with Gasteiger partial charge < -0.3 is 21.1 Å². The van der Waals surface area contributed by atoms with E-state index in [4.69, 9.17) is 0 Å². The van der Waals surface area contributed by atoms with Crippen molar-refractivity contribution in [2.45, 2.75) is 13.0 Å². The lowest BCUT2D eigenvalue weighted by Crippen LogP contribution is -2.40. The zero-order chi connectivity index (χ0) is 19.8. The number of carbonyl (C=O) groups is 1. The Morgan fingerprint density at radius 2 is 1.86 bits per heavy atom. The highest BCUT2D eigenvalue weighted by molar-refractivity contribution is 7.19. The van der Waals surface area contributed by atoms with Crippen molar-refractivity contribution in [2.75, 3.05) is 25.0 Å².